The summed E-state index contributed by atoms with van der Waals surface area (Å²) >= 11 is 0. The Balaban J connectivity index is 1.93. The van der Waals surface area contributed by atoms with Gasteiger partial charge in [-0.15, -0.1) is 0 Å². The molecule has 0 spiro atoms. The minimum absolute atomic E-state index is 0.542. The van der Waals surface area contributed by atoms with Crippen LogP contribution in [-0.2, 0) is 6.42 Å². The summed E-state index contributed by atoms with van der Waals surface area (Å²) in [5, 5.41) is 0. The van der Waals surface area contributed by atoms with Crippen molar-refractivity contribution < 1.29 is 4.79 Å². The molecule has 1 aliphatic heterocycles. The zero-order valence-electron chi connectivity index (χ0n) is 12.1. The minimum Gasteiger partial charge on any atom is -0.298 e. The van der Waals surface area contributed by atoms with E-state index in [0.29, 0.717) is 17.8 Å². The van der Waals surface area contributed by atoms with E-state index in [1.165, 1.54) is 19.4 Å². The lowest BCUT2D eigenvalue weighted by molar-refractivity contribution is 0.111. The van der Waals surface area contributed by atoms with E-state index in [4.69, 9.17) is 0 Å². The number of nitrogens with zero attached hydrogens (tertiary/aromatic N) is 3. The van der Waals surface area contributed by atoms with Gasteiger partial charge in [-0.2, -0.15) is 0 Å². The van der Waals surface area contributed by atoms with Gasteiger partial charge >= 0.3 is 0 Å². The van der Waals surface area contributed by atoms with E-state index < -0.39 is 0 Å². The third-order valence-electron chi connectivity index (χ3n) is 4.28. The third-order valence-corrected chi connectivity index (χ3v) is 4.28. The van der Waals surface area contributed by atoms with Crippen LogP contribution in [0.15, 0.2) is 24.4 Å². The number of aldehydes is 1. The SMILES string of the molecule is CC(C)N1CCCC1Cc1ncc2cccc(C=O)n12. The first-order chi connectivity index (χ1) is 9.70. The Morgan fingerprint density at radius 1 is 1.45 bits per heavy atom. The molecule has 1 aliphatic rings. The second-order valence-corrected chi connectivity index (χ2v) is 5.83. The summed E-state index contributed by atoms with van der Waals surface area (Å²) in [6.07, 6.45) is 6.16. The van der Waals surface area contributed by atoms with Crippen LogP contribution in [0.1, 0.15) is 43.0 Å². The Hall–Kier alpha value is -1.68. The van der Waals surface area contributed by atoms with Crippen LogP contribution in [0.5, 0.6) is 0 Å². The number of likely N-dealkylation sites (tertiary alicyclic amines) is 1. The number of hydrogen-bond donors (Lipinski definition) is 0. The van der Waals surface area contributed by atoms with Gasteiger partial charge < -0.3 is 0 Å². The molecule has 4 nitrogen and oxygen atoms in total. The van der Waals surface area contributed by atoms with Crippen LogP contribution in [0.3, 0.4) is 0 Å². The quantitative estimate of drug-likeness (QED) is 0.802. The van der Waals surface area contributed by atoms with Crippen molar-refractivity contribution in [2.45, 2.75) is 45.2 Å². The Labute approximate surface area is 119 Å². The molecule has 3 heterocycles. The molecule has 4 heteroatoms. The smallest absolute Gasteiger partial charge is 0.166 e. The van der Waals surface area contributed by atoms with Crippen molar-refractivity contribution in [3.63, 3.8) is 0 Å². The molecule has 0 aliphatic carbocycles. The molecule has 3 rings (SSSR count). The number of rotatable bonds is 4. The Bertz CT molecular complexity index is 617. The lowest BCUT2D eigenvalue weighted by atomic mass is 10.1. The Morgan fingerprint density at radius 2 is 2.30 bits per heavy atom. The van der Waals surface area contributed by atoms with Crippen LogP contribution in [0.4, 0.5) is 0 Å². The van der Waals surface area contributed by atoms with Crippen LogP contribution >= 0.6 is 0 Å². The van der Waals surface area contributed by atoms with E-state index >= 15 is 0 Å². The predicted octanol–water partition coefficient (Wildman–Crippen LogP) is 2.56. The van der Waals surface area contributed by atoms with Crippen LogP contribution < -0.4 is 0 Å². The molecule has 2 aromatic heterocycles. The van der Waals surface area contributed by atoms with Gasteiger partial charge in [-0.3, -0.25) is 14.1 Å². The van der Waals surface area contributed by atoms with Gasteiger partial charge in [-0.25, -0.2) is 4.98 Å². The van der Waals surface area contributed by atoms with E-state index in [1.807, 2.05) is 28.8 Å². The highest BCUT2D eigenvalue weighted by Crippen LogP contribution is 2.23. The van der Waals surface area contributed by atoms with Gasteiger partial charge in [0.15, 0.2) is 6.29 Å². The predicted molar refractivity (Wildman–Crippen MR) is 79.1 cm³/mol. The van der Waals surface area contributed by atoms with Gasteiger partial charge in [0.1, 0.15) is 5.82 Å². The number of carbonyl (C=O) groups excluding carboxylic acids is 1. The molecule has 20 heavy (non-hydrogen) atoms. The van der Waals surface area contributed by atoms with E-state index in [0.717, 1.165) is 24.0 Å². The maximum atomic E-state index is 11.2. The molecule has 0 bridgehead atoms. The number of fused-ring (bicyclic) bond motifs is 1. The maximum absolute atomic E-state index is 11.2. The van der Waals surface area contributed by atoms with Crippen molar-refractivity contribution >= 4 is 11.8 Å². The second kappa shape index (κ2) is 5.37. The maximum Gasteiger partial charge on any atom is 0.166 e. The molecule has 0 N–H and O–H groups in total. The van der Waals surface area contributed by atoms with Crippen molar-refractivity contribution in [2.24, 2.45) is 0 Å². The topological polar surface area (TPSA) is 37.6 Å². The van der Waals surface area contributed by atoms with Crippen molar-refractivity contribution in [3.05, 3.63) is 35.9 Å². The van der Waals surface area contributed by atoms with E-state index in [9.17, 15) is 4.79 Å². The minimum atomic E-state index is 0.542. The van der Waals surface area contributed by atoms with Gasteiger partial charge in [0, 0.05) is 18.5 Å². The number of carbonyl (C=O) groups is 1. The zero-order valence-corrected chi connectivity index (χ0v) is 12.1. The van der Waals surface area contributed by atoms with Gasteiger partial charge in [0.2, 0.25) is 0 Å². The summed E-state index contributed by atoms with van der Waals surface area (Å²) < 4.78 is 1.99. The van der Waals surface area contributed by atoms with E-state index in [1.54, 1.807) is 0 Å². The van der Waals surface area contributed by atoms with E-state index in [2.05, 4.69) is 23.7 Å². The second-order valence-electron chi connectivity index (χ2n) is 5.83. The first kappa shape index (κ1) is 13.3. The molecule has 2 aromatic rings. The highest BCUT2D eigenvalue weighted by atomic mass is 16.1. The fourth-order valence-electron chi connectivity index (χ4n) is 3.34. The normalized spacial score (nSPS) is 20.1. The number of pyridine rings is 1. The fraction of sp³-hybridized carbons (Fsp3) is 0.500. The standard InChI is InChI=1S/C16H21N3O/c1-12(2)18-8-4-7-13(18)9-16-17-10-14-5-3-6-15(11-20)19(14)16/h3,5-6,10-13H,4,7-9H2,1-2H3. The monoisotopic (exact) mass is 271 g/mol. The summed E-state index contributed by atoms with van der Waals surface area (Å²) in [5.41, 5.74) is 1.68. The fourth-order valence-corrected chi connectivity index (χ4v) is 3.34. The Morgan fingerprint density at radius 3 is 3.05 bits per heavy atom. The lowest BCUT2D eigenvalue weighted by Crippen LogP contribution is -2.37. The molecular formula is C16H21N3O. The van der Waals surface area contributed by atoms with Crippen molar-refractivity contribution in [2.75, 3.05) is 6.54 Å². The van der Waals surface area contributed by atoms with Crippen LogP contribution in [0.25, 0.3) is 5.52 Å². The van der Waals surface area contributed by atoms with E-state index in [-0.39, 0.29) is 0 Å². The zero-order chi connectivity index (χ0) is 14.1. The average molecular weight is 271 g/mol. The summed E-state index contributed by atoms with van der Waals surface area (Å²) in [6.45, 7) is 5.67. The van der Waals surface area contributed by atoms with Crippen molar-refractivity contribution in [3.8, 4) is 0 Å². The van der Waals surface area contributed by atoms with Gasteiger partial charge in [-0.1, -0.05) is 6.07 Å². The van der Waals surface area contributed by atoms with Crippen LogP contribution in [0.2, 0.25) is 0 Å². The first-order valence-corrected chi connectivity index (χ1v) is 7.37. The molecule has 1 atom stereocenters. The summed E-state index contributed by atoms with van der Waals surface area (Å²) in [5.74, 6) is 1.00. The molecule has 1 unspecified atom stereocenters. The lowest BCUT2D eigenvalue weighted by Gasteiger charge is -2.27. The first-order valence-electron chi connectivity index (χ1n) is 7.37. The van der Waals surface area contributed by atoms with Crippen LogP contribution in [0, 0.1) is 0 Å². The number of aromatic nitrogens is 2. The van der Waals surface area contributed by atoms with Crippen molar-refractivity contribution in [1.29, 1.82) is 0 Å². The molecule has 106 valence electrons. The summed E-state index contributed by atoms with van der Waals surface area (Å²) in [4.78, 5) is 18.3. The molecule has 0 saturated carbocycles. The third kappa shape index (κ3) is 2.24. The number of hydrogen-bond acceptors (Lipinski definition) is 3. The van der Waals surface area contributed by atoms with Gasteiger partial charge in [0.25, 0.3) is 0 Å². The largest absolute Gasteiger partial charge is 0.298 e. The Kier molecular flexibility index (Phi) is 3.57. The molecule has 0 amide bonds. The van der Waals surface area contributed by atoms with Crippen molar-refractivity contribution in [1.82, 2.24) is 14.3 Å². The molecule has 0 radical (unpaired) electrons. The highest BCUT2D eigenvalue weighted by molar-refractivity contribution is 5.74. The summed E-state index contributed by atoms with van der Waals surface area (Å²) in [6, 6.07) is 6.86. The number of imidazole rings is 1. The van der Waals surface area contributed by atoms with Gasteiger partial charge in [0.05, 0.1) is 17.4 Å². The average Bonchev–Trinajstić information content (AvgIpc) is 3.06. The molecule has 0 aromatic carbocycles. The molecule has 1 saturated heterocycles. The van der Waals surface area contributed by atoms with Gasteiger partial charge in [-0.05, 0) is 45.4 Å². The summed E-state index contributed by atoms with van der Waals surface area (Å²) in [7, 11) is 0. The molecule has 1 fully saturated rings. The molecular weight excluding hydrogens is 250 g/mol. The highest BCUT2D eigenvalue weighted by Gasteiger charge is 2.27. The van der Waals surface area contributed by atoms with Crippen LogP contribution in [-0.4, -0.2) is 39.2 Å².